The molecule has 2 aromatic heterocycles. The third-order valence-corrected chi connectivity index (χ3v) is 3.63. The average molecular weight is 334 g/mol. The van der Waals surface area contributed by atoms with E-state index in [4.69, 9.17) is 11.6 Å². The summed E-state index contributed by atoms with van der Waals surface area (Å²) in [7, 11) is 0. The fourth-order valence-corrected chi connectivity index (χ4v) is 2.71. The van der Waals surface area contributed by atoms with Gasteiger partial charge in [-0.05, 0) is 23.0 Å². The molecular weight excluding hydrogens is 330 g/mol. The molecule has 3 rings (SSSR count). The van der Waals surface area contributed by atoms with E-state index in [1.807, 2.05) is 0 Å². The van der Waals surface area contributed by atoms with Gasteiger partial charge < -0.3 is 5.32 Å². The van der Waals surface area contributed by atoms with Gasteiger partial charge in [-0.1, -0.05) is 0 Å². The Balaban J connectivity index is 2.17. The Bertz CT molecular complexity index is 826. The Hall–Kier alpha value is -1.93. The predicted octanol–water partition coefficient (Wildman–Crippen LogP) is 4.64. The Morgan fingerprint density at radius 1 is 1.05 bits per heavy atom. The van der Waals surface area contributed by atoms with Gasteiger partial charge in [0.1, 0.15) is 16.3 Å². The molecule has 3 aromatic rings. The van der Waals surface area contributed by atoms with Gasteiger partial charge in [0, 0.05) is 6.07 Å². The molecular formula is C12H4ClF4N3S. The van der Waals surface area contributed by atoms with E-state index in [0.29, 0.717) is 10.2 Å². The molecule has 3 nitrogen and oxygen atoms in total. The molecule has 21 heavy (non-hydrogen) atoms. The van der Waals surface area contributed by atoms with Gasteiger partial charge >= 0.3 is 0 Å². The Morgan fingerprint density at radius 2 is 1.71 bits per heavy atom. The molecule has 0 aliphatic rings. The molecule has 0 aliphatic heterocycles. The van der Waals surface area contributed by atoms with Crippen LogP contribution in [0.1, 0.15) is 0 Å². The van der Waals surface area contributed by atoms with Crippen LogP contribution in [0.2, 0.25) is 5.28 Å². The lowest BCUT2D eigenvalue weighted by atomic mass is 10.2. The zero-order valence-electron chi connectivity index (χ0n) is 9.92. The van der Waals surface area contributed by atoms with Crippen molar-refractivity contribution in [2.45, 2.75) is 0 Å². The number of thiophene rings is 1. The van der Waals surface area contributed by atoms with E-state index in [1.54, 1.807) is 11.4 Å². The zero-order valence-corrected chi connectivity index (χ0v) is 11.5. The van der Waals surface area contributed by atoms with Crippen molar-refractivity contribution in [3.05, 3.63) is 46.1 Å². The summed E-state index contributed by atoms with van der Waals surface area (Å²) in [6.45, 7) is 0. The Labute approximate surface area is 124 Å². The Morgan fingerprint density at radius 3 is 2.38 bits per heavy atom. The van der Waals surface area contributed by atoms with E-state index in [0.717, 1.165) is 0 Å². The van der Waals surface area contributed by atoms with Crippen LogP contribution in [-0.2, 0) is 0 Å². The van der Waals surface area contributed by atoms with E-state index >= 15 is 0 Å². The highest BCUT2D eigenvalue weighted by Crippen LogP contribution is 2.32. The van der Waals surface area contributed by atoms with Crippen molar-refractivity contribution in [1.29, 1.82) is 0 Å². The van der Waals surface area contributed by atoms with Crippen LogP contribution in [-0.4, -0.2) is 9.97 Å². The highest BCUT2D eigenvalue weighted by Gasteiger charge is 2.20. The quantitative estimate of drug-likeness (QED) is 0.421. The minimum Gasteiger partial charge on any atom is -0.335 e. The first-order chi connectivity index (χ1) is 9.97. The maximum Gasteiger partial charge on any atom is 0.225 e. The molecule has 1 N–H and O–H groups in total. The molecule has 108 valence electrons. The number of benzene rings is 1. The van der Waals surface area contributed by atoms with Crippen LogP contribution in [0, 0.1) is 23.3 Å². The van der Waals surface area contributed by atoms with E-state index in [2.05, 4.69) is 15.3 Å². The largest absolute Gasteiger partial charge is 0.335 e. The second-order valence-electron chi connectivity index (χ2n) is 3.95. The molecule has 2 heterocycles. The first kappa shape index (κ1) is 14.0. The molecule has 0 aliphatic carbocycles. The van der Waals surface area contributed by atoms with E-state index < -0.39 is 29.0 Å². The van der Waals surface area contributed by atoms with Crippen LogP contribution in [0.15, 0.2) is 17.5 Å². The molecule has 0 saturated carbocycles. The number of aromatic nitrogens is 2. The summed E-state index contributed by atoms with van der Waals surface area (Å²) in [5, 5.41) is 4.16. The molecule has 1 aromatic carbocycles. The second kappa shape index (κ2) is 5.12. The third kappa shape index (κ3) is 2.40. The van der Waals surface area contributed by atoms with Crippen LogP contribution in [0.3, 0.4) is 0 Å². The normalized spacial score (nSPS) is 11.1. The van der Waals surface area contributed by atoms with Crippen molar-refractivity contribution in [3.8, 4) is 0 Å². The van der Waals surface area contributed by atoms with Gasteiger partial charge in [0.2, 0.25) is 5.28 Å². The number of hydrogen-bond acceptors (Lipinski definition) is 4. The lowest BCUT2D eigenvalue weighted by Gasteiger charge is -2.10. The lowest BCUT2D eigenvalue weighted by molar-refractivity contribution is 0.459. The predicted molar refractivity (Wildman–Crippen MR) is 72.0 cm³/mol. The first-order valence-electron chi connectivity index (χ1n) is 5.48. The average Bonchev–Trinajstić information content (AvgIpc) is 2.89. The van der Waals surface area contributed by atoms with Crippen molar-refractivity contribution in [3.63, 3.8) is 0 Å². The molecule has 0 spiro atoms. The SMILES string of the molecule is Fc1cc(F)c(F)c(Nc2nc(Cl)nc3sccc23)c1F. The Kier molecular flexibility index (Phi) is 3.42. The fourth-order valence-electron chi connectivity index (χ4n) is 1.73. The summed E-state index contributed by atoms with van der Waals surface area (Å²) in [5.74, 6) is -6.18. The maximum absolute atomic E-state index is 13.6. The van der Waals surface area contributed by atoms with Crippen LogP contribution >= 0.6 is 22.9 Å². The summed E-state index contributed by atoms with van der Waals surface area (Å²) >= 11 is 6.93. The lowest BCUT2D eigenvalue weighted by Crippen LogP contribution is -2.04. The number of fused-ring (bicyclic) bond motifs is 1. The second-order valence-corrected chi connectivity index (χ2v) is 5.18. The van der Waals surface area contributed by atoms with Gasteiger partial charge in [0.25, 0.3) is 0 Å². The van der Waals surface area contributed by atoms with Crippen molar-refractivity contribution in [2.75, 3.05) is 5.32 Å². The molecule has 0 amide bonds. The summed E-state index contributed by atoms with van der Waals surface area (Å²) < 4.78 is 53.6. The van der Waals surface area contributed by atoms with Gasteiger partial charge in [0.15, 0.2) is 23.3 Å². The van der Waals surface area contributed by atoms with Crippen LogP contribution < -0.4 is 5.32 Å². The van der Waals surface area contributed by atoms with E-state index in [-0.39, 0.29) is 17.2 Å². The molecule has 0 radical (unpaired) electrons. The summed E-state index contributed by atoms with van der Waals surface area (Å²) in [6, 6.07) is 1.72. The fraction of sp³-hybridized carbons (Fsp3) is 0. The molecule has 9 heteroatoms. The van der Waals surface area contributed by atoms with Crippen LogP contribution in [0.5, 0.6) is 0 Å². The summed E-state index contributed by atoms with van der Waals surface area (Å²) in [5.41, 5.74) is -0.977. The molecule has 0 bridgehead atoms. The number of nitrogens with zero attached hydrogens (tertiary/aromatic N) is 2. The highest BCUT2D eigenvalue weighted by molar-refractivity contribution is 7.16. The molecule has 0 unspecified atom stereocenters. The first-order valence-corrected chi connectivity index (χ1v) is 6.74. The van der Waals surface area contributed by atoms with Crippen molar-refractivity contribution < 1.29 is 17.6 Å². The smallest absolute Gasteiger partial charge is 0.225 e. The van der Waals surface area contributed by atoms with Crippen molar-refractivity contribution in [1.82, 2.24) is 9.97 Å². The number of hydrogen-bond donors (Lipinski definition) is 1. The number of nitrogens with one attached hydrogen (secondary N) is 1. The van der Waals surface area contributed by atoms with E-state index in [1.165, 1.54) is 11.3 Å². The van der Waals surface area contributed by atoms with Gasteiger partial charge in [-0.3, -0.25) is 0 Å². The van der Waals surface area contributed by atoms with Gasteiger partial charge in [-0.25, -0.2) is 22.5 Å². The van der Waals surface area contributed by atoms with Crippen molar-refractivity contribution >= 4 is 44.7 Å². The highest BCUT2D eigenvalue weighted by atomic mass is 35.5. The monoisotopic (exact) mass is 333 g/mol. The molecule has 0 fully saturated rings. The molecule has 0 atom stereocenters. The molecule has 0 saturated heterocycles. The summed E-state index contributed by atoms with van der Waals surface area (Å²) in [6.07, 6.45) is 0. The zero-order chi connectivity index (χ0) is 15.1. The minimum atomic E-state index is -1.55. The van der Waals surface area contributed by atoms with Crippen molar-refractivity contribution in [2.24, 2.45) is 0 Å². The number of rotatable bonds is 2. The van der Waals surface area contributed by atoms with Crippen LogP contribution in [0.4, 0.5) is 29.1 Å². The topological polar surface area (TPSA) is 37.8 Å². The summed E-state index contributed by atoms with van der Waals surface area (Å²) in [4.78, 5) is 8.16. The third-order valence-electron chi connectivity index (χ3n) is 2.65. The number of halogens is 5. The van der Waals surface area contributed by atoms with Crippen LogP contribution in [0.25, 0.3) is 10.2 Å². The standard InChI is InChI=1S/C12H4ClF4N3S/c13-12-19-10(4-1-2-21-11(4)20-12)18-9-7(16)5(14)3-6(15)8(9)17/h1-3H,(H,18,19,20). The number of anilines is 2. The van der Waals surface area contributed by atoms with Gasteiger partial charge in [-0.2, -0.15) is 4.98 Å². The maximum atomic E-state index is 13.6. The van der Waals surface area contributed by atoms with E-state index in [9.17, 15) is 17.6 Å². The minimum absolute atomic E-state index is 0.0472. The van der Waals surface area contributed by atoms with Gasteiger partial charge in [0.05, 0.1) is 5.39 Å². The van der Waals surface area contributed by atoms with Gasteiger partial charge in [-0.15, -0.1) is 11.3 Å².